The lowest BCUT2D eigenvalue weighted by Crippen LogP contribution is -2.12. The molecule has 2 rings (SSSR count). The molecule has 0 radical (unpaired) electrons. The fourth-order valence-electron chi connectivity index (χ4n) is 1.36. The number of aromatic nitrogens is 1. The van der Waals surface area contributed by atoms with Gasteiger partial charge < -0.3 is 10.4 Å². The molecule has 84 valence electrons. The number of nitrogens with one attached hydrogen (secondary N) is 1. The Morgan fingerprint density at radius 3 is 2.94 bits per heavy atom. The van der Waals surface area contributed by atoms with Gasteiger partial charge in [-0.3, -0.25) is 4.98 Å². The molecular formula is C11H11ClN2OS. The van der Waals surface area contributed by atoms with E-state index in [-0.39, 0.29) is 5.75 Å². The van der Waals surface area contributed by atoms with Crippen LogP contribution in [0.5, 0.6) is 5.75 Å². The van der Waals surface area contributed by atoms with E-state index in [1.165, 1.54) is 0 Å². The van der Waals surface area contributed by atoms with Crippen molar-refractivity contribution in [3.8, 4) is 5.75 Å². The fourth-order valence-corrected chi connectivity index (χ4v) is 2.16. The molecule has 0 amide bonds. The van der Waals surface area contributed by atoms with Gasteiger partial charge in [0, 0.05) is 34.7 Å². The van der Waals surface area contributed by atoms with Crippen LogP contribution in [0.1, 0.15) is 10.4 Å². The minimum Gasteiger partial charge on any atom is -0.508 e. The summed E-state index contributed by atoms with van der Waals surface area (Å²) >= 11 is 7.58. The summed E-state index contributed by atoms with van der Waals surface area (Å²) in [5, 5.41) is 13.4. The smallest absolute Gasteiger partial charge is 0.121 e. The molecule has 5 heteroatoms. The first-order valence-electron chi connectivity index (χ1n) is 4.82. The number of phenols is 1. The van der Waals surface area contributed by atoms with Crippen LogP contribution in [-0.4, -0.2) is 10.1 Å². The molecule has 0 atom stereocenters. The molecule has 2 N–H and O–H groups in total. The number of hydrogen-bond acceptors (Lipinski definition) is 4. The monoisotopic (exact) mass is 254 g/mol. The van der Waals surface area contributed by atoms with Crippen LogP contribution in [0.15, 0.2) is 29.9 Å². The van der Waals surface area contributed by atoms with E-state index in [2.05, 4.69) is 10.3 Å². The minimum absolute atomic E-state index is 0.226. The standard InChI is InChI=1S/C11H11ClN2OS/c12-10-2-1-3-11(15)9(10)6-13-4-8-5-14-7-16-8/h1-3,5,7,13,15H,4,6H2. The maximum absolute atomic E-state index is 9.61. The number of nitrogens with zero attached hydrogens (tertiary/aromatic N) is 1. The molecule has 0 unspecified atom stereocenters. The van der Waals surface area contributed by atoms with Crippen LogP contribution < -0.4 is 5.32 Å². The molecule has 0 spiro atoms. The molecule has 0 aliphatic rings. The van der Waals surface area contributed by atoms with Gasteiger partial charge in [0.15, 0.2) is 0 Å². The summed E-state index contributed by atoms with van der Waals surface area (Å²) in [5.74, 6) is 0.226. The van der Waals surface area contributed by atoms with E-state index < -0.39 is 0 Å². The van der Waals surface area contributed by atoms with Gasteiger partial charge in [-0.2, -0.15) is 0 Å². The van der Waals surface area contributed by atoms with E-state index in [1.807, 2.05) is 6.20 Å². The zero-order valence-electron chi connectivity index (χ0n) is 8.48. The number of hydrogen-bond donors (Lipinski definition) is 2. The Morgan fingerprint density at radius 1 is 1.38 bits per heavy atom. The lowest BCUT2D eigenvalue weighted by Gasteiger charge is -2.07. The van der Waals surface area contributed by atoms with E-state index in [0.717, 1.165) is 17.0 Å². The van der Waals surface area contributed by atoms with Crippen molar-refractivity contribution in [2.75, 3.05) is 0 Å². The Labute approximate surface area is 103 Å². The third-order valence-corrected chi connectivity index (χ3v) is 3.31. The number of thiazole rings is 1. The highest BCUT2D eigenvalue weighted by molar-refractivity contribution is 7.09. The lowest BCUT2D eigenvalue weighted by molar-refractivity contribution is 0.464. The molecule has 0 fully saturated rings. The largest absolute Gasteiger partial charge is 0.508 e. The van der Waals surface area contributed by atoms with E-state index in [4.69, 9.17) is 11.6 Å². The summed E-state index contributed by atoms with van der Waals surface area (Å²) < 4.78 is 0. The Bertz CT molecular complexity index is 439. The van der Waals surface area contributed by atoms with Crippen molar-refractivity contribution in [2.45, 2.75) is 13.1 Å². The van der Waals surface area contributed by atoms with Crippen molar-refractivity contribution in [1.82, 2.24) is 10.3 Å². The number of phenolic OH excluding ortho intramolecular Hbond substituents is 1. The molecule has 1 heterocycles. The van der Waals surface area contributed by atoms with Gasteiger partial charge in [0.2, 0.25) is 0 Å². The SMILES string of the molecule is Oc1cccc(Cl)c1CNCc1cncs1. The van der Waals surface area contributed by atoms with Crippen LogP contribution >= 0.6 is 22.9 Å². The maximum Gasteiger partial charge on any atom is 0.121 e. The van der Waals surface area contributed by atoms with Gasteiger partial charge in [0.25, 0.3) is 0 Å². The number of benzene rings is 1. The topological polar surface area (TPSA) is 45.1 Å². The average Bonchev–Trinajstić information content (AvgIpc) is 2.75. The van der Waals surface area contributed by atoms with Crippen LogP contribution in [0.2, 0.25) is 5.02 Å². The highest BCUT2D eigenvalue weighted by Crippen LogP contribution is 2.24. The quantitative estimate of drug-likeness (QED) is 0.882. The molecule has 2 aromatic rings. The summed E-state index contributed by atoms with van der Waals surface area (Å²) in [6, 6.07) is 5.13. The summed E-state index contributed by atoms with van der Waals surface area (Å²) in [4.78, 5) is 5.14. The molecule has 16 heavy (non-hydrogen) atoms. The van der Waals surface area contributed by atoms with Crippen LogP contribution in [0.3, 0.4) is 0 Å². The van der Waals surface area contributed by atoms with E-state index in [9.17, 15) is 5.11 Å². The summed E-state index contributed by atoms with van der Waals surface area (Å²) in [7, 11) is 0. The minimum atomic E-state index is 0.226. The average molecular weight is 255 g/mol. The van der Waals surface area contributed by atoms with Crippen LogP contribution in [0, 0.1) is 0 Å². The van der Waals surface area contributed by atoms with Crippen molar-refractivity contribution in [2.24, 2.45) is 0 Å². The molecule has 1 aromatic carbocycles. The van der Waals surface area contributed by atoms with Crippen LogP contribution in [0.25, 0.3) is 0 Å². The third-order valence-electron chi connectivity index (χ3n) is 2.18. The first-order valence-corrected chi connectivity index (χ1v) is 6.07. The second-order valence-corrected chi connectivity index (χ2v) is 4.69. The second-order valence-electron chi connectivity index (χ2n) is 3.31. The first kappa shape index (κ1) is 11.4. The molecular weight excluding hydrogens is 244 g/mol. The predicted octanol–water partition coefficient (Wildman–Crippen LogP) is 2.79. The summed E-state index contributed by atoms with van der Waals surface area (Å²) in [5.41, 5.74) is 2.53. The molecule has 0 saturated heterocycles. The Kier molecular flexibility index (Phi) is 3.77. The number of halogens is 1. The van der Waals surface area contributed by atoms with Crippen molar-refractivity contribution in [3.63, 3.8) is 0 Å². The molecule has 0 saturated carbocycles. The van der Waals surface area contributed by atoms with Crippen LogP contribution in [-0.2, 0) is 13.1 Å². The van der Waals surface area contributed by atoms with Gasteiger partial charge in [-0.05, 0) is 12.1 Å². The van der Waals surface area contributed by atoms with Gasteiger partial charge in [-0.1, -0.05) is 17.7 Å². The molecule has 3 nitrogen and oxygen atoms in total. The lowest BCUT2D eigenvalue weighted by atomic mass is 10.2. The molecule has 1 aromatic heterocycles. The molecule has 0 bridgehead atoms. The zero-order chi connectivity index (χ0) is 11.4. The van der Waals surface area contributed by atoms with E-state index in [0.29, 0.717) is 11.6 Å². The maximum atomic E-state index is 9.61. The Morgan fingerprint density at radius 2 is 2.25 bits per heavy atom. The predicted molar refractivity (Wildman–Crippen MR) is 65.8 cm³/mol. The van der Waals surface area contributed by atoms with Crippen molar-refractivity contribution < 1.29 is 5.11 Å². The highest BCUT2D eigenvalue weighted by atomic mass is 35.5. The van der Waals surface area contributed by atoms with Gasteiger partial charge >= 0.3 is 0 Å². The van der Waals surface area contributed by atoms with E-state index >= 15 is 0 Å². The molecule has 0 aliphatic carbocycles. The summed E-state index contributed by atoms with van der Waals surface area (Å²) in [6.45, 7) is 1.28. The Balaban J connectivity index is 1.95. The van der Waals surface area contributed by atoms with Crippen molar-refractivity contribution >= 4 is 22.9 Å². The van der Waals surface area contributed by atoms with Gasteiger partial charge in [0.05, 0.1) is 5.51 Å². The Hall–Kier alpha value is -1.10. The van der Waals surface area contributed by atoms with E-state index in [1.54, 1.807) is 35.0 Å². The van der Waals surface area contributed by atoms with Crippen LogP contribution in [0.4, 0.5) is 0 Å². The van der Waals surface area contributed by atoms with Crippen molar-refractivity contribution in [1.29, 1.82) is 0 Å². The second kappa shape index (κ2) is 5.30. The zero-order valence-corrected chi connectivity index (χ0v) is 10.1. The van der Waals surface area contributed by atoms with Crippen molar-refractivity contribution in [3.05, 3.63) is 45.4 Å². The normalized spacial score (nSPS) is 10.6. The van der Waals surface area contributed by atoms with Gasteiger partial charge in [-0.15, -0.1) is 11.3 Å². The highest BCUT2D eigenvalue weighted by Gasteiger charge is 2.05. The third kappa shape index (κ3) is 2.72. The fraction of sp³-hybridized carbons (Fsp3) is 0.182. The molecule has 0 aliphatic heterocycles. The van der Waals surface area contributed by atoms with Gasteiger partial charge in [-0.25, -0.2) is 0 Å². The van der Waals surface area contributed by atoms with Gasteiger partial charge in [0.1, 0.15) is 5.75 Å². The summed E-state index contributed by atoms with van der Waals surface area (Å²) in [6.07, 6.45) is 1.82. The number of aromatic hydroxyl groups is 1. The first-order chi connectivity index (χ1) is 7.77. The number of rotatable bonds is 4.